The molecule has 0 aromatic carbocycles. The third-order valence-electron chi connectivity index (χ3n) is 3.46. The summed E-state index contributed by atoms with van der Waals surface area (Å²) in [5.74, 6) is -0.0528. The fourth-order valence-electron chi connectivity index (χ4n) is 2.50. The fourth-order valence-corrected chi connectivity index (χ4v) is 2.50. The van der Waals surface area contributed by atoms with Crippen LogP contribution in [0.4, 0.5) is 0 Å². The van der Waals surface area contributed by atoms with Gasteiger partial charge in [-0.05, 0) is 25.7 Å². The molecular formula is C14H23N3O3. The number of aliphatic hydroxyl groups excluding tert-OH is 1. The summed E-state index contributed by atoms with van der Waals surface area (Å²) in [6.45, 7) is 4.44. The van der Waals surface area contributed by atoms with E-state index < -0.39 is 0 Å². The van der Waals surface area contributed by atoms with Crippen molar-refractivity contribution >= 4 is 5.91 Å². The second kappa shape index (κ2) is 7.40. The standard InChI is InChI=1S/C14H23N3O3/c1-2-11-13-12(17(16-11)7-8-18)5-3-9-20-10-4-6-15-14(13)19/h18H,2-10H2,1H3,(H,15,19). The summed E-state index contributed by atoms with van der Waals surface area (Å²) in [5.41, 5.74) is 2.42. The van der Waals surface area contributed by atoms with Crippen LogP contribution < -0.4 is 5.32 Å². The van der Waals surface area contributed by atoms with E-state index in [1.54, 1.807) is 4.68 Å². The Labute approximate surface area is 119 Å². The van der Waals surface area contributed by atoms with Gasteiger partial charge in [0.1, 0.15) is 0 Å². The molecule has 2 N–H and O–H groups in total. The molecule has 1 amide bonds. The lowest BCUT2D eigenvalue weighted by Crippen LogP contribution is -2.26. The van der Waals surface area contributed by atoms with E-state index in [9.17, 15) is 4.79 Å². The van der Waals surface area contributed by atoms with Crippen molar-refractivity contribution in [3.63, 3.8) is 0 Å². The first-order valence-electron chi connectivity index (χ1n) is 7.33. The Morgan fingerprint density at radius 1 is 1.40 bits per heavy atom. The van der Waals surface area contributed by atoms with E-state index in [0.717, 1.165) is 30.7 Å². The highest BCUT2D eigenvalue weighted by atomic mass is 16.5. The van der Waals surface area contributed by atoms with Crippen molar-refractivity contribution in [3.05, 3.63) is 17.0 Å². The molecule has 0 aliphatic carbocycles. The summed E-state index contributed by atoms with van der Waals surface area (Å²) < 4.78 is 7.29. The topological polar surface area (TPSA) is 76.4 Å². The van der Waals surface area contributed by atoms with Gasteiger partial charge in [-0.25, -0.2) is 0 Å². The molecule has 0 atom stereocenters. The molecule has 0 radical (unpaired) electrons. The van der Waals surface area contributed by atoms with E-state index >= 15 is 0 Å². The van der Waals surface area contributed by atoms with Gasteiger partial charge in [-0.2, -0.15) is 5.10 Å². The number of hydrogen-bond acceptors (Lipinski definition) is 4. The van der Waals surface area contributed by atoms with Crippen LogP contribution in [0.3, 0.4) is 0 Å². The monoisotopic (exact) mass is 281 g/mol. The summed E-state index contributed by atoms with van der Waals surface area (Å²) in [6, 6.07) is 0. The maximum Gasteiger partial charge on any atom is 0.255 e. The summed E-state index contributed by atoms with van der Waals surface area (Å²) in [6.07, 6.45) is 3.15. The van der Waals surface area contributed by atoms with Crippen LogP contribution in [-0.2, 0) is 24.1 Å². The Hall–Kier alpha value is -1.40. The van der Waals surface area contributed by atoms with E-state index in [-0.39, 0.29) is 12.5 Å². The predicted octanol–water partition coefficient (Wildman–Crippen LogP) is 0.520. The van der Waals surface area contributed by atoms with Crippen molar-refractivity contribution in [1.82, 2.24) is 15.1 Å². The SMILES string of the molecule is CCc1nn(CCO)c2c1C(=O)NCCCOCCC2. The molecule has 2 rings (SSSR count). The van der Waals surface area contributed by atoms with E-state index in [0.29, 0.717) is 38.3 Å². The molecule has 6 heteroatoms. The molecule has 1 aromatic rings. The normalized spacial score (nSPS) is 17.2. The van der Waals surface area contributed by atoms with E-state index in [4.69, 9.17) is 9.84 Å². The van der Waals surface area contributed by atoms with Gasteiger partial charge >= 0.3 is 0 Å². The van der Waals surface area contributed by atoms with Gasteiger partial charge in [0.05, 0.1) is 30.1 Å². The number of aryl methyl sites for hydroxylation is 1. The van der Waals surface area contributed by atoms with Gasteiger partial charge in [0, 0.05) is 19.8 Å². The smallest absolute Gasteiger partial charge is 0.255 e. The average molecular weight is 281 g/mol. The van der Waals surface area contributed by atoms with Crippen LogP contribution in [0.2, 0.25) is 0 Å². The number of fused-ring (bicyclic) bond motifs is 1. The highest BCUT2D eigenvalue weighted by Gasteiger charge is 2.22. The first kappa shape index (κ1) is 15.0. The zero-order valence-electron chi connectivity index (χ0n) is 12.0. The van der Waals surface area contributed by atoms with Gasteiger partial charge < -0.3 is 15.2 Å². The molecule has 1 aliphatic heterocycles. The van der Waals surface area contributed by atoms with Gasteiger partial charge in [-0.1, -0.05) is 6.92 Å². The van der Waals surface area contributed by atoms with Crippen molar-refractivity contribution < 1.29 is 14.6 Å². The first-order valence-corrected chi connectivity index (χ1v) is 7.33. The Bertz CT molecular complexity index is 457. The number of rotatable bonds is 3. The average Bonchev–Trinajstić information content (AvgIpc) is 2.77. The number of aliphatic hydroxyl groups is 1. The van der Waals surface area contributed by atoms with Crippen molar-refractivity contribution in [2.75, 3.05) is 26.4 Å². The summed E-state index contributed by atoms with van der Waals surface area (Å²) >= 11 is 0. The van der Waals surface area contributed by atoms with Crippen LogP contribution in [0.1, 0.15) is 41.5 Å². The Balaban J connectivity index is 2.35. The minimum atomic E-state index is -0.0528. The quantitative estimate of drug-likeness (QED) is 0.847. The number of ether oxygens (including phenoxy) is 1. The summed E-state index contributed by atoms with van der Waals surface area (Å²) in [5, 5.41) is 16.6. The molecular weight excluding hydrogens is 258 g/mol. The first-order chi connectivity index (χ1) is 9.77. The van der Waals surface area contributed by atoms with Crippen molar-refractivity contribution in [2.24, 2.45) is 0 Å². The molecule has 0 unspecified atom stereocenters. The van der Waals surface area contributed by atoms with Crippen LogP contribution in [-0.4, -0.2) is 47.2 Å². The third-order valence-corrected chi connectivity index (χ3v) is 3.46. The molecule has 1 aromatic heterocycles. The van der Waals surface area contributed by atoms with Crippen LogP contribution >= 0.6 is 0 Å². The number of nitrogens with one attached hydrogen (secondary N) is 1. The number of hydrogen-bond donors (Lipinski definition) is 2. The highest BCUT2D eigenvalue weighted by molar-refractivity contribution is 5.96. The molecule has 20 heavy (non-hydrogen) atoms. The van der Waals surface area contributed by atoms with Crippen LogP contribution in [0.5, 0.6) is 0 Å². The van der Waals surface area contributed by atoms with Gasteiger partial charge in [-0.3, -0.25) is 9.48 Å². The van der Waals surface area contributed by atoms with Crippen molar-refractivity contribution in [2.45, 2.75) is 39.2 Å². The molecule has 0 fully saturated rings. The third kappa shape index (κ3) is 3.37. The molecule has 0 bridgehead atoms. The number of carbonyl (C=O) groups excluding carboxylic acids is 1. The van der Waals surface area contributed by atoms with Crippen LogP contribution in [0, 0.1) is 0 Å². The van der Waals surface area contributed by atoms with Crippen LogP contribution in [0.15, 0.2) is 0 Å². The lowest BCUT2D eigenvalue weighted by atomic mass is 10.1. The van der Waals surface area contributed by atoms with E-state index in [1.807, 2.05) is 6.92 Å². The highest BCUT2D eigenvalue weighted by Crippen LogP contribution is 2.18. The molecule has 0 saturated heterocycles. The predicted molar refractivity (Wildman–Crippen MR) is 74.8 cm³/mol. The zero-order chi connectivity index (χ0) is 14.4. The maximum absolute atomic E-state index is 12.4. The summed E-state index contributed by atoms with van der Waals surface area (Å²) in [4.78, 5) is 12.4. The largest absolute Gasteiger partial charge is 0.394 e. The fraction of sp³-hybridized carbons (Fsp3) is 0.714. The Morgan fingerprint density at radius 3 is 2.95 bits per heavy atom. The van der Waals surface area contributed by atoms with Crippen molar-refractivity contribution in [1.29, 1.82) is 0 Å². The second-order valence-corrected chi connectivity index (χ2v) is 4.89. The van der Waals surface area contributed by atoms with Crippen molar-refractivity contribution in [3.8, 4) is 0 Å². The summed E-state index contributed by atoms with van der Waals surface area (Å²) in [7, 11) is 0. The minimum Gasteiger partial charge on any atom is -0.394 e. The molecule has 1 aliphatic rings. The van der Waals surface area contributed by atoms with Gasteiger partial charge in [0.2, 0.25) is 0 Å². The Kier molecular flexibility index (Phi) is 5.55. The molecule has 2 heterocycles. The maximum atomic E-state index is 12.4. The molecule has 0 spiro atoms. The number of amides is 1. The molecule has 6 nitrogen and oxygen atoms in total. The van der Waals surface area contributed by atoms with Crippen LogP contribution in [0.25, 0.3) is 0 Å². The minimum absolute atomic E-state index is 0.0232. The lowest BCUT2D eigenvalue weighted by molar-refractivity contribution is 0.0943. The number of aromatic nitrogens is 2. The van der Waals surface area contributed by atoms with Gasteiger partial charge in [0.25, 0.3) is 5.91 Å². The Morgan fingerprint density at radius 2 is 2.20 bits per heavy atom. The van der Waals surface area contributed by atoms with Gasteiger partial charge in [0.15, 0.2) is 0 Å². The zero-order valence-corrected chi connectivity index (χ0v) is 12.0. The number of carbonyl (C=O) groups is 1. The second-order valence-electron chi connectivity index (χ2n) is 4.89. The van der Waals surface area contributed by atoms with E-state index in [1.165, 1.54) is 0 Å². The lowest BCUT2D eigenvalue weighted by Gasteiger charge is -2.08. The molecule has 0 saturated carbocycles. The van der Waals surface area contributed by atoms with Gasteiger partial charge in [-0.15, -0.1) is 0 Å². The molecule has 112 valence electrons. The number of nitrogens with zero attached hydrogens (tertiary/aromatic N) is 2. The van der Waals surface area contributed by atoms with E-state index in [2.05, 4.69) is 10.4 Å².